The van der Waals surface area contributed by atoms with Crippen LogP contribution in [0.5, 0.6) is 0 Å². The number of H-pyrrole nitrogens is 1. The van der Waals surface area contributed by atoms with E-state index in [9.17, 15) is 4.79 Å². The van der Waals surface area contributed by atoms with Crippen LogP contribution in [0.1, 0.15) is 25.6 Å². The lowest BCUT2D eigenvalue weighted by atomic mass is 10.4. The van der Waals surface area contributed by atoms with Crippen molar-refractivity contribution in [2.24, 2.45) is 0 Å². The second kappa shape index (κ2) is 6.87. The van der Waals surface area contributed by atoms with Gasteiger partial charge in [0, 0.05) is 26.4 Å². The number of hydrogen-bond acceptors (Lipinski definition) is 1. The first-order valence-corrected chi connectivity index (χ1v) is 5.79. The lowest BCUT2D eigenvalue weighted by Crippen LogP contribution is -2.39. The normalized spacial score (nSPS) is 10.1. The zero-order chi connectivity index (χ0) is 11.8. The number of aromatic nitrogens is 2. The van der Waals surface area contributed by atoms with E-state index >= 15 is 0 Å². The van der Waals surface area contributed by atoms with Crippen LogP contribution in [0.4, 0.5) is 4.79 Å². The van der Waals surface area contributed by atoms with Crippen molar-refractivity contribution in [2.45, 2.75) is 33.2 Å². The van der Waals surface area contributed by atoms with E-state index in [1.807, 2.05) is 26.2 Å². The van der Waals surface area contributed by atoms with Crippen LogP contribution in [-0.4, -0.2) is 24.1 Å². The molecular formula is C11H21N4O+. The number of carbonyl (C=O) groups excluding carboxylic acids is 1. The number of carbonyl (C=O) groups is 1. The minimum absolute atomic E-state index is 0.0716. The van der Waals surface area contributed by atoms with E-state index in [-0.39, 0.29) is 6.03 Å². The van der Waals surface area contributed by atoms with Gasteiger partial charge >= 0.3 is 6.03 Å². The van der Waals surface area contributed by atoms with Crippen molar-refractivity contribution in [2.75, 3.05) is 13.1 Å². The maximum absolute atomic E-state index is 11.2. The lowest BCUT2D eigenvalue weighted by Gasteiger charge is -2.05. The zero-order valence-corrected chi connectivity index (χ0v) is 10.0. The van der Waals surface area contributed by atoms with Crippen LogP contribution in [0, 0.1) is 6.92 Å². The van der Waals surface area contributed by atoms with Gasteiger partial charge in [-0.1, -0.05) is 6.92 Å². The van der Waals surface area contributed by atoms with E-state index < -0.39 is 0 Å². The Morgan fingerprint density at radius 3 is 2.81 bits per heavy atom. The Morgan fingerprint density at radius 1 is 1.44 bits per heavy atom. The average molecular weight is 225 g/mol. The molecule has 5 nitrogen and oxygen atoms in total. The van der Waals surface area contributed by atoms with Crippen molar-refractivity contribution in [3.8, 4) is 0 Å². The number of rotatable bonds is 6. The highest BCUT2D eigenvalue weighted by Crippen LogP contribution is 1.84. The fourth-order valence-corrected chi connectivity index (χ4v) is 1.44. The number of urea groups is 1. The van der Waals surface area contributed by atoms with Gasteiger partial charge in [0.2, 0.25) is 0 Å². The molecule has 0 saturated carbocycles. The topological polar surface area (TPSA) is 60.8 Å². The largest absolute Gasteiger partial charge is 0.338 e. The van der Waals surface area contributed by atoms with E-state index in [0.29, 0.717) is 6.54 Å². The van der Waals surface area contributed by atoms with E-state index in [1.54, 1.807) is 0 Å². The number of imidazole rings is 1. The molecule has 0 radical (unpaired) electrons. The van der Waals surface area contributed by atoms with Crippen LogP contribution >= 0.6 is 0 Å². The molecule has 0 spiro atoms. The van der Waals surface area contributed by atoms with E-state index in [4.69, 9.17) is 0 Å². The number of amides is 2. The predicted octanol–water partition coefficient (Wildman–Crippen LogP) is 0.710. The van der Waals surface area contributed by atoms with Crippen LogP contribution in [0.2, 0.25) is 0 Å². The Morgan fingerprint density at radius 2 is 2.19 bits per heavy atom. The van der Waals surface area contributed by atoms with Crippen molar-refractivity contribution in [1.82, 2.24) is 15.6 Å². The van der Waals surface area contributed by atoms with Gasteiger partial charge in [-0.15, -0.1) is 0 Å². The highest BCUT2D eigenvalue weighted by atomic mass is 16.2. The van der Waals surface area contributed by atoms with Gasteiger partial charge in [-0.3, -0.25) is 0 Å². The molecule has 1 rings (SSSR count). The Kier molecular flexibility index (Phi) is 5.39. The summed E-state index contributed by atoms with van der Waals surface area (Å²) in [5.41, 5.74) is 0. The lowest BCUT2D eigenvalue weighted by molar-refractivity contribution is -0.701. The first kappa shape index (κ1) is 12.5. The maximum Gasteiger partial charge on any atom is 0.314 e. The van der Waals surface area contributed by atoms with Gasteiger partial charge in [0.25, 0.3) is 5.82 Å². The van der Waals surface area contributed by atoms with Gasteiger partial charge < -0.3 is 10.6 Å². The molecule has 0 atom stereocenters. The molecule has 1 aromatic heterocycles. The molecule has 0 fully saturated rings. The van der Waals surface area contributed by atoms with Gasteiger partial charge in [0.05, 0.1) is 6.54 Å². The third-order valence-corrected chi connectivity index (χ3v) is 2.37. The summed E-state index contributed by atoms with van der Waals surface area (Å²) < 4.78 is 2.13. The molecule has 0 unspecified atom stereocenters. The number of nitrogens with zero attached hydrogens (tertiary/aromatic N) is 1. The predicted molar refractivity (Wildman–Crippen MR) is 62.0 cm³/mol. The number of hydrogen-bond donors (Lipinski definition) is 3. The average Bonchev–Trinajstić information content (AvgIpc) is 2.67. The quantitative estimate of drug-likeness (QED) is 0.484. The summed E-state index contributed by atoms with van der Waals surface area (Å²) in [7, 11) is 0. The highest BCUT2D eigenvalue weighted by molar-refractivity contribution is 5.73. The van der Waals surface area contributed by atoms with Crippen molar-refractivity contribution in [1.29, 1.82) is 0 Å². The number of aryl methyl sites for hydroxylation is 2. The molecule has 1 heterocycles. The van der Waals surface area contributed by atoms with Crippen molar-refractivity contribution in [3.63, 3.8) is 0 Å². The minimum Gasteiger partial charge on any atom is -0.338 e. The second-order valence-electron chi connectivity index (χ2n) is 3.78. The number of aromatic amines is 1. The molecule has 0 aliphatic heterocycles. The first-order valence-electron chi connectivity index (χ1n) is 5.79. The fraction of sp³-hybridized carbons (Fsp3) is 0.636. The van der Waals surface area contributed by atoms with Crippen molar-refractivity contribution >= 4 is 6.03 Å². The van der Waals surface area contributed by atoms with E-state index in [2.05, 4.69) is 20.2 Å². The third kappa shape index (κ3) is 4.33. The van der Waals surface area contributed by atoms with Gasteiger partial charge in [0.1, 0.15) is 12.4 Å². The van der Waals surface area contributed by atoms with Crippen molar-refractivity contribution in [3.05, 3.63) is 18.2 Å². The zero-order valence-electron chi connectivity index (χ0n) is 10.0. The molecule has 16 heavy (non-hydrogen) atoms. The third-order valence-electron chi connectivity index (χ3n) is 2.37. The van der Waals surface area contributed by atoms with Crippen molar-refractivity contribution < 1.29 is 9.36 Å². The van der Waals surface area contributed by atoms with Gasteiger partial charge in [-0.25, -0.2) is 14.3 Å². The summed E-state index contributed by atoms with van der Waals surface area (Å²) in [5.74, 6) is 1.13. The van der Waals surface area contributed by atoms with Gasteiger partial charge in [-0.2, -0.15) is 0 Å². The van der Waals surface area contributed by atoms with Gasteiger partial charge in [-0.05, 0) is 6.42 Å². The summed E-state index contributed by atoms with van der Waals surface area (Å²) >= 11 is 0. The summed E-state index contributed by atoms with van der Waals surface area (Å²) in [6.45, 7) is 6.42. The molecular weight excluding hydrogens is 204 g/mol. The standard InChI is InChI=1S/C11H20N4O/c1-3-5-13-11(16)14-6-4-8-15-9-7-12-10(15)2/h7,9H,3-6,8H2,1-2H3,(H2,13,14,16)/p+1. The van der Waals surface area contributed by atoms with E-state index in [0.717, 1.165) is 31.8 Å². The molecule has 1 aromatic rings. The van der Waals surface area contributed by atoms with Crippen LogP contribution in [-0.2, 0) is 6.54 Å². The second-order valence-corrected chi connectivity index (χ2v) is 3.78. The SMILES string of the molecule is CCCNC(=O)NCCC[n+]1cc[nH]c1C. The molecule has 2 amide bonds. The molecule has 5 heteroatoms. The Balaban J connectivity index is 2.08. The molecule has 0 aliphatic rings. The molecule has 3 N–H and O–H groups in total. The van der Waals surface area contributed by atoms with Crippen LogP contribution in [0.15, 0.2) is 12.4 Å². The summed E-state index contributed by atoms with van der Waals surface area (Å²) in [6, 6.07) is -0.0716. The molecule has 0 aliphatic carbocycles. The first-order chi connectivity index (χ1) is 7.74. The Bertz CT molecular complexity index is 322. The van der Waals surface area contributed by atoms with Crippen LogP contribution in [0.25, 0.3) is 0 Å². The molecule has 0 aromatic carbocycles. The van der Waals surface area contributed by atoms with Crippen LogP contribution < -0.4 is 15.2 Å². The summed E-state index contributed by atoms with van der Waals surface area (Å²) in [5, 5.41) is 5.60. The molecule has 0 bridgehead atoms. The molecule has 0 saturated heterocycles. The fourth-order valence-electron chi connectivity index (χ4n) is 1.44. The number of nitrogens with one attached hydrogen (secondary N) is 3. The monoisotopic (exact) mass is 225 g/mol. The highest BCUT2D eigenvalue weighted by Gasteiger charge is 2.03. The van der Waals surface area contributed by atoms with Crippen LogP contribution in [0.3, 0.4) is 0 Å². The Labute approximate surface area is 96.3 Å². The maximum atomic E-state index is 11.2. The smallest absolute Gasteiger partial charge is 0.314 e. The minimum atomic E-state index is -0.0716. The van der Waals surface area contributed by atoms with E-state index in [1.165, 1.54) is 0 Å². The molecule has 90 valence electrons. The van der Waals surface area contributed by atoms with Gasteiger partial charge in [0.15, 0.2) is 0 Å². The Hall–Kier alpha value is -1.52. The summed E-state index contributed by atoms with van der Waals surface area (Å²) in [6.07, 6.45) is 5.82. The summed E-state index contributed by atoms with van der Waals surface area (Å²) in [4.78, 5) is 14.3.